The molecule has 6 heteroatoms. The lowest BCUT2D eigenvalue weighted by Crippen LogP contribution is -2.25. The van der Waals surface area contributed by atoms with Crippen LogP contribution in [0.5, 0.6) is 11.5 Å². The smallest absolute Gasteiger partial charge is 0.226 e. The first kappa shape index (κ1) is 16.8. The van der Waals surface area contributed by atoms with Crippen LogP contribution in [-0.4, -0.2) is 24.1 Å². The summed E-state index contributed by atoms with van der Waals surface area (Å²) in [5, 5.41) is 5.95. The van der Waals surface area contributed by atoms with E-state index in [2.05, 4.69) is 17.2 Å². The molecule has 1 aliphatic heterocycles. The zero-order valence-corrected chi connectivity index (χ0v) is 15.0. The monoisotopic (exact) mass is 346 g/mol. The second-order valence-corrected chi connectivity index (χ2v) is 6.89. The summed E-state index contributed by atoms with van der Waals surface area (Å²) in [4.78, 5) is 16.6. The first-order chi connectivity index (χ1) is 11.6. The molecule has 1 amide bonds. The number of thiazole rings is 1. The van der Waals surface area contributed by atoms with Gasteiger partial charge < -0.3 is 14.8 Å². The molecular formula is C18H22N2O3S. The van der Waals surface area contributed by atoms with E-state index in [9.17, 15) is 4.79 Å². The SMILES string of the molecule is CCc1nc(CC(=O)NCc2cc3c(cc2OC)C[C@H](C)O3)cs1. The Balaban J connectivity index is 1.63. The summed E-state index contributed by atoms with van der Waals surface area (Å²) in [5.74, 6) is 1.63. The van der Waals surface area contributed by atoms with E-state index in [-0.39, 0.29) is 12.0 Å². The Labute approximate surface area is 146 Å². The van der Waals surface area contributed by atoms with Gasteiger partial charge in [-0.25, -0.2) is 4.98 Å². The molecule has 0 spiro atoms. The van der Waals surface area contributed by atoms with Gasteiger partial charge >= 0.3 is 0 Å². The van der Waals surface area contributed by atoms with Gasteiger partial charge in [0.2, 0.25) is 5.91 Å². The molecule has 2 heterocycles. The Morgan fingerprint density at radius 2 is 2.33 bits per heavy atom. The molecule has 128 valence electrons. The Bertz CT molecular complexity index is 742. The summed E-state index contributed by atoms with van der Waals surface area (Å²) in [7, 11) is 1.65. The Hall–Kier alpha value is -2.08. The molecule has 0 saturated heterocycles. The van der Waals surface area contributed by atoms with Crippen molar-refractivity contribution in [3.63, 3.8) is 0 Å². The second kappa shape index (κ2) is 7.21. The highest BCUT2D eigenvalue weighted by Crippen LogP contribution is 2.34. The van der Waals surface area contributed by atoms with Crippen LogP contribution < -0.4 is 14.8 Å². The van der Waals surface area contributed by atoms with Gasteiger partial charge in [-0.05, 0) is 25.5 Å². The van der Waals surface area contributed by atoms with Gasteiger partial charge in [-0.2, -0.15) is 0 Å². The van der Waals surface area contributed by atoms with Crippen molar-refractivity contribution in [3.05, 3.63) is 39.3 Å². The van der Waals surface area contributed by atoms with Crippen molar-refractivity contribution in [2.24, 2.45) is 0 Å². The Kier molecular flexibility index (Phi) is 5.04. The van der Waals surface area contributed by atoms with Crippen LogP contribution >= 0.6 is 11.3 Å². The number of aromatic nitrogens is 1. The number of ether oxygens (including phenoxy) is 2. The number of amides is 1. The molecule has 1 N–H and O–H groups in total. The van der Waals surface area contributed by atoms with Crippen LogP contribution in [0.15, 0.2) is 17.5 Å². The van der Waals surface area contributed by atoms with Gasteiger partial charge in [-0.1, -0.05) is 6.92 Å². The number of methoxy groups -OCH3 is 1. The highest BCUT2D eigenvalue weighted by molar-refractivity contribution is 7.09. The van der Waals surface area contributed by atoms with Crippen molar-refractivity contribution >= 4 is 17.2 Å². The van der Waals surface area contributed by atoms with Crippen molar-refractivity contribution < 1.29 is 14.3 Å². The van der Waals surface area contributed by atoms with Crippen LogP contribution in [0.1, 0.15) is 35.7 Å². The third-order valence-electron chi connectivity index (χ3n) is 4.02. The number of rotatable bonds is 6. The van der Waals surface area contributed by atoms with Gasteiger partial charge in [-0.3, -0.25) is 4.79 Å². The molecule has 0 radical (unpaired) electrons. The molecular weight excluding hydrogens is 324 g/mol. The number of carbonyl (C=O) groups is 1. The van der Waals surface area contributed by atoms with E-state index in [1.54, 1.807) is 18.4 Å². The fraction of sp³-hybridized carbons (Fsp3) is 0.444. The van der Waals surface area contributed by atoms with Gasteiger partial charge in [0.15, 0.2) is 0 Å². The number of carbonyl (C=O) groups excluding carboxylic acids is 1. The van der Waals surface area contributed by atoms with Gasteiger partial charge in [0.25, 0.3) is 0 Å². The van der Waals surface area contributed by atoms with Gasteiger partial charge in [0.1, 0.15) is 17.6 Å². The van der Waals surface area contributed by atoms with Crippen molar-refractivity contribution in [1.29, 1.82) is 0 Å². The molecule has 0 saturated carbocycles. The Morgan fingerprint density at radius 3 is 3.04 bits per heavy atom. The zero-order valence-electron chi connectivity index (χ0n) is 14.2. The van der Waals surface area contributed by atoms with E-state index in [0.717, 1.165) is 46.2 Å². The van der Waals surface area contributed by atoms with Crippen molar-refractivity contribution in [2.45, 2.75) is 45.8 Å². The van der Waals surface area contributed by atoms with Gasteiger partial charge in [0, 0.05) is 29.5 Å². The quantitative estimate of drug-likeness (QED) is 0.874. The van der Waals surface area contributed by atoms with E-state index >= 15 is 0 Å². The minimum absolute atomic E-state index is 0.0419. The van der Waals surface area contributed by atoms with Crippen LogP contribution in [0.4, 0.5) is 0 Å². The van der Waals surface area contributed by atoms with Gasteiger partial charge in [-0.15, -0.1) is 11.3 Å². The predicted molar refractivity (Wildman–Crippen MR) is 93.8 cm³/mol. The maximum atomic E-state index is 12.2. The molecule has 2 aromatic rings. The van der Waals surface area contributed by atoms with Crippen molar-refractivity contribution in [2.75, 3.05) is 7.11 Å². The molecule has 1 atom stereocenters. The summed E-state index contributed by atoms with van der Waals surface area (Å²) >= 11 is 1.60. The average molecular weight is 346 g/mol. The van der Waals surface area contributed by atoms with Crippen LogP contribution in [-0.2, 0) is 30.6 Å². The maximum absolute atomic E-state index is 12.2. The molecule has 0 bridgehead atoms. The summed E-state index contributed by atoms with van der Waals surface area (Å²) < 4.78 is 11.2. The highest BCUT2D eigenvalue weighted by Gasteiger charge is 2.21. The number of fused-ring (bicyclic) bond motifs is 1. The lowest BCUT2D eigenvalue weighted by atomic mass is 10.1. The second-order valence-electron chi connectivity index (χ2n) is 5.94. The first-order valence-corrected chi connectivity index (χ1v) is 9.03. The first-order valence-electron chi connectivity index (χ1n) is 8.15. The molecule has 1 aromatic heterocycles. The largest absolute Gasteiger partial charge is 0.496 e. The molecule has 1 aliphatic rings. The van der Waals surface area contributed by atoms with E-state index in [1.807, 2.05) is 24.4 Å². The molecule has 0 aliphatic carbocycles. The standard InChI is InChI=1S/C18H22N2O3S/c1-4-18-20-14(10-24-18)8-17(21)19-9-13-7-16-12(5-11(2)23-16)6-15(13)22-3/h6-7,10-11H,4-5,8-9H2,1-3H3,(H,19,21)/t11-/m0/s1. The van der Waals surface area contributed by atoms with Crippen molar-refractivity contribution in [1.82, 2.24) is 10.3 Å². The lowest BCUT2D eigenvalue weighted by Gasteiger charge is -2.12. The predicted octanol–water partition coefficient (Wildman–Crippen LogP) is 2.90. The number of benzene rings is 1. The summed E-state index contributed by atoms with van der Waals surface area (Å²) in [6.45, 7) is 4.52. The Morgan fingerprint density at radius 1 is 1.50 bits per heavy atom. The zero-order chi connectivity index (χ0) is 17.1. The topological polar surface area (TPSA) is 60.5 Å². The third kappa shape index (κ3) is 3.70. The fourth-order valence-electron chi connectivity index (χ4n) is 2.82. The number of nitrogens with one attached hydrogen (secondary N) is 1. The minimum atomic E-state index is -0.0419. The van der Waals surface area contributed by atoms with E-state index in [0.29, 0.717) is 13.0 Å². The number of aryl methyl sites for hydroxylation is 1. The summed E-state index contributed by atoms with van der Waals surface area (Å²) in [5.41, 5.74) is 2.91. The highest BCUT2D eigenvalue weighted by atomic mass is 32.1. The number of nitrogens with zero attached hydrogens (tertiary/aromatic N) is 1. The molecule has 0 fully saturated rings. The normalized spacial score (nSPS) is 15.7. The molecule has 3 rings (SSSR count). The fourth-order valence-corrected chi connectivity index (χ4v) is 3.57. The number of hydrogen-bond acceptors (Lipinski definition) is 5. The van der Waals surface area contributed by atoms with Crippen LogP contribution in [0, 0.1) is 0 Å². The maximum Gasteiger partial charge on any atom is 0.226 e. The lowest BCUT2D eigenvalue weighted by molar-refractivity contribution is -0.120. The van der Waals surface area contributed by atoms with E-state index in [4.69, 9.17) is 9.47 Å². The average Bonchev–Trinajstić information content (AvgIpc) is 3.16. The van der Waals surface area contributed by atoms with Crippen molar-refractivity contribution in [3.8, 4) is 11.5 Å². The van der Waals surface area contributed by atoms with Crippen LogP contribution in [0.3, 0.4) is 0 Å². The van der Waals surface area contributed by atoms with Gasteiger partial charge in [0.05, 0.1) is 24.2 Å². The molecule has 24 heavy (non-hydrogen) atoms. The summed E-state index contributed by atoms with van der Waals surface area (Å²) in [6, 6.07) is 3.98. The number of hydrogen-bond donors (Lipinski definition) is 1. The van der Waals surface area contributed by atoms with E-state index < -0.39 is 0 Å². The third-order valence-corrected chi connectivity index (χ3v) is 5.06. The molecule has 5 nitrogen and oxygen atoms in total. The summed E-state index contributed by atoms with van der Waals surface area (Å²) in [6.07, 6.45) is 2.28. The van der Waals surface area contributed by atoms with Crippen LogP contribution in [0.2, 0.25) is 0 Å². The van der Waals surface area contributed by atoms with Crippen LogP contribution in [0.25, 0.3) is 0 Å². The molecule has 1 aromatic carbocycles. The molecule has 0 unspecified atom stereocenters. The van der Waals surface area contributed by atoms with E-state index in [1.165, 1.54) is 0 Å². The minimum Gasteiger partial charge on any atom is -0.496 e.